The summed E-state index contributed by atoms with van der Waals surface area (Å²) in [6.45, 7) is 2.04. The molecule has 7 aromatic rings. The number of benzene rings is 5. The first-order chi connectivity index (χ1) is 19.6. The molecule has 0 radical (unpaired) electrons. The lowest BCUT2D eigenvalue weighted by Gasteiger charge is -2.13. The third-order valence-electron chi connectivity index (χ3n) is 7.18. The molecule has 0 aliphatic rings. The van der Waals surface area contributed by atoms with E-state index < -0.39 is 0 Å². The van der Waals surface area contributed by atoms with Crippen molar-refractivity contribution >= 4 is 43.6 Å². The fourth-order valence-electron chi connectivity index (χ4n) is 5.14. The molecule has 0 fully saturated rings. The van der Waals surface area contributed by atoms with Gasteiger partial charge in [-0.3, -0.25) is 9.59 Å². The lowest BCUT2D eigenvalue weighted by molar-refractivity contribution is 0.483. The van der Waals surface area contributed by atoms with Crippen molar-refractivity contribution in [2.75, 3.05) is 0 Å². The Morgan fingerprint density at radius 2 is 1.15 bits per heavy atom. The van der Waals surface area contributed by atoms with Gasteiger partial charge in [-0.1, -0.05) is 43.3 Å². The number of aromatic amines is 2. The normalized spacial score (nSPS) is 11.4. The first-order valence-electron chi connectivity index (χ1n) is 13.2. The molecule has 0 aliphatic carbocycles. The maximum atomic E-state index is 13.8. The molecule has 2 N–H and O–H groups in total. The molecule has 0 saturated heterocycles. The highest BCUT2D eigenvalue weighted by atomic mass is 16.5. The Hall–Kier alpha value is -5.36. The highest BCUT2D eigenvalue weighted by Gasteiger charge is 2.15. The molecular weight excluding hydrogens is 500 g/mol. The molecule has 2 heterocycles. The van der Waals surface area contributed by atoms with Crippen LogP contribution in [0, 0.1) is 0 Å². The van der Waals surface area contributed by atoms with Crippen LogP contribution in [0.5, 0.6) is 23.0 Å². The van der Waals surface area contributed by atoms with E-state index in [0.29, 0.717) is 66.6 Å². The van der Waals surface area contributed by atoms with Gasteiger partial charge >= 0.3 is 0 Å². The fourth-order valence-corrected chi connectivity index (χ4v) is 5.14. The first-order valence-corrected chi connectivity index (χ1v) is 13.2. The van der Waals surface area contributed by atoms with Crippen molar-refractivity contribution < 1.29 is 9.47 Å². The molecule has 0 spiro atoms. The predicted molar refractivity (Wildman–Crippen MR) is 160 cm³/mol. The van der Waals surface area contributed by atoms with Gasteiger partial charge in [0, 0.05) is 16.2 Å². The van der Waals surface area contributed by atoms with Crippen molar-refractivity contribution in [3.63, 3.8) is 0 Å². The van der Waals surface area contributed by atoms with E-state index in [9.17, 15) is 9.59 Å². The van der Waals surface area contributed by atoms with Crippen LogP contribution in [-0.2, 0) is 6.42 Å². The molecule has 194 valence electrons. The molecular formula is C34H24N2O4. The van der Waals surface area contributed by atoms with E-state index in [4.69, 9.17) is 9.47 Å². The van der Waals surface area contributed by atoms with Crippen molar-refractivity contribution in [1.82, 2.24) is 9.97 Å². The van der Waals surface area contributed by atoms with Crippen LogP contribution in [0.4, 0.5) is 0 Å². The topological polar surface area (TPSA) is 84.2 Å². The van der Waals surface area contributed by atoms with E-state index >= 15 is 0 Å². The van der Waals surface area contributed by atoms with Crippen molar-refractivity contribution in [2.45, 2.75) is 13.3 Å². The van der Waals surface area contributed by atoms with Crippen LogP contribution < -0.4 is 20.3 Å². The number of ether oxygens (including phenoxy) is 2. The smallest absolute Gasteiger partial charge is 0.197 e. The molecule has 40 heavy (non-hydrogen) atoms. The molecule has 0 bridgehead atoms. The second-order valence-corrected chi connectivity index (χ2v) is 9.76. The molecule has 0 unspecified atom stereocenters. The van der Waals surface area contributed by atoms with E-state index in [0.717, 1.165) is 12.0 Å². The lowest BCUT2D eigenvalue weighted by atomic mass is 10.0. The summed E-state index contributed by atoms with van der Waals surface area (Å²) in [7, 11) is 0. The maximum absolute atomic E-state index is 13.8. The minimum atomic E-state index is -0.146. The number of aryl methyl sites for hydroxylation is 1. The molecule has 6 nitrogen and oxygen atoms in total. The van der Waals surface area contributed by atoms with Crippen LogP contribution in [0.1, 0.15) is 12.5 Å². The number of nitrogens with one attached hydrogen (secondary N) is 2. The Labute approximate surface area is 228 Å². The summed E-state index contributed by atoms with van der Waals surface area (Å²) < 4.78 is 12.2. The largest absolute Gasteiger partial charge is 0.457 e. The number of hydrogen-bond acceptors (Lipinski definition) is 4. The molecule has 0 amide bonds. The quantitative estimate of drug-likeness (QED) is 0.225. The monoisotopic (exact) mass is 524 g/mol. The van der Waals surface area contributed by atoms with Gasteiger partial charge in [-0.2, -0.15) is 0 Å². The number of hydrogen-bond donors (Lipinski definition) is 2. The van der Waals surface area contributed by atoms with Crippen molar-refractivity contribution in [2.24, 2.45) is 0 Å². The van der Waals surface area contributed by atoms with E-state index in [1.807, 2.05) is 91.9 Å². The highest BCUT2D eigenvalue weighted by molar-refractivity contribution is 6.03. The average molecular weight is 525 g/mol. The number of fused-ring (bicyclic) bond motifs is 4. The predicted octanol–water partition coefficient (Wildman–Crippen LogP) is 7.82. The van der Waals surface area contributed by atoms with E-state index in [1.165, 1.54) is 0 Å². The first kappa shape index (κ1) is 23.7. The Kier molecular flexibility index (Phi) is 5.60. The highest BCUT2D eigenvalue weighted by Crippen LogP contribution is 2.32. The van der Waals surface area contributed by atoms with Gasteiger partial charge in [0.25, 0.3) is 0 Å². The van der Waals surface area contributed by atoms with Gasteiger partial charge in [-0.25, -0.2) is 0 Å². The zero-order valence-corrected chi connectivity index (χ0v) is 21.7. The van der Waals surface area contributed by atoms with Crippen molar-refractivity contribution in [3.05, 3.63) is 129 Å². The van der Waals surface area contributed by atoms with Gasteiger partial charge < -0.3 is 19.4 Å². The molecule has 2 aromatic heterocycles. The van der Waals surface area contributed by atoms with Gasteiger partial charge in [-0.15, -0.1) is 0 Å². The van der Waals surface area contributed by atoms with Gasteiger partial charge in [0.1, 0.15) is 17.2 Å². The van der Waals surface area contributed by atoms with Crippen LogP contribution in [0.3, 0.4) is 0 Å². The average Bonchev–Trinajstić information content (AvgIpc) is 2.99. The Bertz CT molecular complexity index is 2180. The van der Waals surface area contributed by atoms with Crippen LogP contribution in [0.25, 0.3) is 43.6 Å². The lowest BCUT2D eigenvalue weighted by Crippen LogP contribution is -2.09. The second kappa shape index (κ2) is 9.43. The van der Waals surface area contributed by atoms with Gasteiger partial charge in [-0.05, 0) is 78.7 Å². The third-order valence-corrected chi connectivity index (χ3v) is 7.18. The summed E-state index contributed by atoms with van der Waals surface area (Å²) in [5, 5.41) is 2.02. The standard InChI is InChI=1S/C34H24N2O4/c1-2-20-15-27-32(31(16-20)40-22-11-7-4-8-12-22)36-30-19-25-29(18-26(30)34(27)38)35-28-14-13-23(17-24(28)33(25)37)39-21-9-5-3-6-10-21/h3-19H,2H2,1H3,(H,35,37)(H,36,38). The molecule has 7 rings (SSSR count). The second-order valence-electron chi connectivity index (χ2n) is 9.76. The number of H-pyrrole nitrogens is 2. The van der Waals surface area contributed by atoms with Crippen molar-refractivity contribution in [3.8, 4) is 23.0 Å². The SMILES string of the molecule is CCc1cc(Oc2ccccc2)c2[nH]c3cc4c(=O)c5cc(Oc6ccccc6)ccc5[nH]c4cc3c(=O)c2c1. The van der Waals surface area contributed by atoms with Crippen molar-refractivity contribution in [1.29, 1.82) is 0 Å². The van der Waals surface area contributed by atoms with Gasteiger partial charge in [0.05, 0.1) is 27.5 Å². The van der Waals surface area contributed by atoms with Gasteiger partial charge in [0.2, 0.25) is 0 Å². The number of aromatic nitrogens is 2. The molecule has 5 aromatic carbocycles. The molecule has 0 atom stereocenters. The molecule has 0 saturated carbocycles. The molecule has 0 aliphatic heterocycles. The minimum absolute atomic E-state index is 0.119. The number of para-hydroxylation sites is 2. The maximum Gasteiger partial charge on any atom is 0.197 e. The summed E-state index contributed by atoms with van der Waals surface area (Å²) in [6.07, 6.45) is 0.756. The summed E-state index contributed by atoms with van der Waals surface area (Å²) in [4.78, 5) is 34.2. The Balaban J connectivity index is 1.43. The van der Waals surface area contributed by atoms with Gasteiger partial charge in [0.15, 0.2) is 16.6 Å². The summed E-state index contributed by atoms with van der Waals surface area (Å²) in [6, 6.07) is 31.6. The van der Waals surface area contributed by atoms with Crippen LogP contribution in [-0.4, -0.2) is 9.97 Å². The minimum Gasteiger partial charge on any atom is -0.457 e. The third kappa shape index (κ3) is 4.07. The number of rotatable bonds is 5. The zero-order chi connectivity index (χ0) is 27.2. The number of pyridine rings is 2. The van der Waals surface area contributed by atoms with E-state index in [2.05, 4.69) is 9.97 Å². The Morgan fingerprint density at radius 3 is 1.82 bits per heavy atom. The van der Waals surface area contributed by atoms with Crippen LogP contribution in [0.15, 0.2) is 113 Å². The fraction of sp³-hybridized carbons (Fsp3) is 0.0588. The van der Waals surface area contributed by atoms with Crippen LogP contribution >= 0.6 is 0 Å². The van der Waals surface area contributed by atoms with Crippen LogP contribution in [0.2, 0.25) is 0 Å². The summed E-state index contributed by atoms with van der Waals surface area (Å²) in [5.41, 5.74) is 3.15. The van der Waals surface area contributed by atoms with E-state index in [-0.39, 0.29) is 10.9 Å². The molecule has 6 heteroatoms. The Morgan fingerprint density at radius 1 is 0.550 bits per heavy atom. The summed E-state index contributed by atoms with van der Waals surface area (Å²) in [5.74, 6) is 2.50. The summed E-state index contributed by atoms with van der Waals surface area (Å²) >= 11 is 0. The zero-order valence-electron chi connectivity index (χ0n) is 21.7. The van der Waals surface area contributed by atoms with E-state index in [1.54, 1.807) is 18.2 Å².